The molecule has 0 aromatic heterocycles. The van der Waals surface area contributed by atoms with Crippen LogP contribution in [0.4, 0.5) is 4.79 Å². The summed E-state index contributed by atoms with van der Waals surface area (Å²) in [5.74, 6) is -0.0231. The third-order valence-corrected chi connectivity index (χ3v) is 6.62. The number of carbonyl (C=O) groups excluding carboxylic acids is 1. The normalized spacial score (nSPS) is 25.2. The Balaban J connectivity index is 1.79. The van der Waals surface area contributed by atoms with E-state index in [9.17, 15) is 13.2 Å². The largest absolute Gasteiger partial charge is 0.475 e. The van der Waals surface area contributed by atoms with Gasteiger partial charge in [-0.3, -0.25) is 0 Å². The molecule has 1 aliphatic heterocycles. The van der Waals surface area contributed by atoms with Crippen molar-refractivity contribution in [2.75, 3.05) is 13.7 Å². The van der Waals surface area contributed by atoms with Gasteiger partial charge in [0.25, 0.3) is 10.0 Å². The van der Waals surface area contributed by atoms with Crippen molar-refractivity contribution >= 4 is 22.0 Å². The second-order valence-electron chi connectivity index (χ2n) is 6.64. The Bertz CT molecular complexity index is 763. The molecule has 0 radical (unpaired) electrons. The lowest BCUT2D eigenvalue weighted by Gasteiger charge is -2.34. The molecule has 1 aliphatic carbocycles. The van der Waals surface area contributed by atoms with E-state index in [1.807, 2.05) is 30.3 Å². The number of ether oxygens (including phenoxy) is 2. The van der Waals surface area contributed by atoms with Gasteiger partial charge in [0.1, 0.15) is 18.0 Å². The fourth-order valence-electron chi connectivity index (χ4n) is 3.49. The third-order valence-electron chi connectivity index (χ3n) is 4.85. The summed E-state index contributed by atoms with van der Waals surface area (Å²) in [6.45, 7) is 0.111. The van der Waals surface area contributed by atoms with E-state index in [0.717, 1.165) is 24.8 Å². The minimum atomic E-state index is -3.55. The van der Waals surface area contributed by atoms with Gasteiger partial charge in [-0.25, -0.2) is 13.2 Å². The van der Waals surface area contributed by atoms with Gasteiger partial charge < -0.3 is 14.8 Å². The average Bonchev–Trinajstić information content (AvgIpc) is 2.65. The summed E-state index contributed by atoms with van der Waals surface area (Å²) in [5, 5.41) is 1.88. The van der Waals surface area contributed by atoms with Crippen molar-refractivity contribution in [1.29, 1.82) is 0 Å². The molecule has 2 unspecified atom stereocenters. The first-order chi connectivity index (χ1) is 12.5. The van der Waals surface area contributed by atoms with Crippen molar-refractivity contribution in [3.05, 3.63) is 35.9 Å². The van der Waals surface area contributed by atoms with Crippen LogP contribution in [0.15, 0.2) is 34.7 Å². The first-order valence-corrected chi connectivity index (χ1v) is 10.4. The number of alkyl carbamates (subject to hydrolysis) is 1. The summed E-state index contributed by atoms with van der Waals surface area (Å²) >= 11 is 0. The van der Waals surface area contributed by atoms with Gasteiger partial charge in [0.2, 0.25) is 5.90 Å². The molecule has 2 aliphatic rings. The van der Waals surface area contributed by atoms with Crippen molar-refractivity contribution in [2.24, 2.45) is 4.40 Å². The number of nitrogens with zero attached hydrogens (tertiary/aromatic N) is 1. The second-order valence-corrected chi connectivity index (χ2v) is 8.46. The minimum Gasteiger partial charge on any atom is -0.475 e. The van der Waals surface area contributed by atoms with E-state index in [-0.39, 0.29) is 30.9 Å². The number of fused-ring (bicyclic) bond motifs is 1. The SMILES string of the molecule is CNC(=O)OC[C@H](CC1=NS(=O)(=O)C2CCCCC2O1)c1ccccc1. The Hall–Kier alpha value is -2.09. The van der Waals surface area contributed by atoms with Crippen LogP contribution in [0, 0.1) is 0 Å². The van der Waals surface area contributed by atoms with Crippen LogP contribution in [0.2, 0.25) is 0 Å². The number of rotatable bonds is 5. The lowest BCUT2D eigenvalue weighted by atomic mass is 9.95. The molecule has 1 aromatic carbocycles. The predicted molar refractivity (Wildman–Crippen MR) is 97.7 cm³/mol. The van der Waals surface area contributed by atoms with E-state index in [0.29, 0.717) is 6.42 Å². The van der Waals surface area contributed by atoms with Crippen LogP contribution in [0.5, 0.6) is 0 Å². The van der Waals surface area contributed by atoms with Gasteiger partial charge in [-0.1, -0.05) is 36.8 Å². The zero-order valence-corrected chi connectivity index (χ0v) is 15.6. The molecule has 142 valence electrons. The highest BCUT2D eigenvalue weighted by Gasteiger charge is 2.41. The smallest absolute Gasteiger partial charge is 0.406 e. The molecule has 0 bridgehead atoms. The topological polar surface area (TPSA) is 94.1 Å². The number of sulfonamides is 1. The molecule has 3 rings (SSSR count). The van der Waals surface area contributed by atoms with E-state index in [1.165, 1.54) is 7.05 Å². The van der Waals surface area contributed by atoms with E-state index >= 15 is 0 Å². The molecule has 1 saturated carbocycles. The number of benzene rings is 1. The first kappa shape index (κ1) is 18.7. The number of amides is 1. The Morgan fingerprint density at radius 1 is 1.31 bits per heavy atom. The van der Waals surface area contributed by atoms with Crippen molar-refractivity contribution in [2.45, 2.75) is 49.4 Å². The molecule has 1 aromatic rings. The molecule has 26 heavy (non-hydrogen) atoms. The Labute approximate surface area is 153 Å². The summed E-state index contributed by atoms with van der Waals surface area (Å²) in [4.78, 5) is 11.4. The highest BCUT2D eigenvalue weighted by atomic mass is 32.2. The second kappa shape index (κ2) is 8.07. The Morgan fingerprint density at radius 2 is 2.04 bits per heavy atom. The van der Waals surface area contributed by atoms with Crippen LogP contribution in [-0.2, 0) is 19.5 Å². The zero-order chi connectivity index (χ0) is 18.6. The minimum absolute atomic E-state index is 0.111. The number of hydrogen-bond acceptors (Lipinski definition) is 5. The lowest BCUT2D eigenvalue weighted by molar-refractivity contribution is 0.126. The summed E-state index contributed by atoms with van der Waals surface area (Å²) in [6, 6.07) is 9.50. The van der Waals surface area contributed by atoms with Crippen molar-refractivity contribution in [1.82, 2.24) is 5.32 Å². The fourth-order valence-corrected chi connectivity index (χ4v) is 5.06. The van der Waals surface area contributed by atoms with Crippen molar-refractivity contribution in [3.63, 3.8) is 0 Å². The van der Waals surface area contributed by atoms with Crippen molar-refractivity contribution in [3.8, 4) is 0 Å². The molecular weight excluding hydrogens is 356 g/mol. The highest BCUT2D eigenvalue weighted by Crippen LogP contribution is 2.33. The molecule has 7 nitrogen and oxygen atoms in total. The van der Waals surface area contributed by atoms with E-state index in [1.54, 1.807) is 0 Å². The maximum atomic E-state index is 12.5. The van der Waals surface area contributed by atoms with E-state index in [4.69, 9.17) is 9.47 Å². The number of carbonyl (C=O) groups is 1. The number of hydrogen-bond donors (Lipinski definition) is 1. The Morgan fingerprint density at radius 3 is 2.77 bits per heavy atom. The van der Waals surface area contributed by atoms with Gasteiger partial charge in [-0.05, 0) is 24.8 Å². The molecule has 1 heterocycles. The summed E-state index contributed by atoms with van der Waals surface area (Å²) in [6.07, 6.45) is 2.60. The van der Waals surface area contributed by atoms with Crippen LogP contribution in [0.25, 0.3) is 0 Å². The van der Waals surface area contributed by atoms with Crippen LogP contribution in [0.1, 0.15) is 43.6 Å². The van der Waals surface area contributed by atoms with Crippen LogP contribution in [-0.4, -0.2) is 45.4 Å². The molecular formula is C18H24N2O5S. The molecule has 8 heteroatoms. The third kappa shape index (κ3) is 4.35. The molecule has 3 atom stereocenters. The predicted octanol–water partition coefficient (Wildman–Crippen LogP) is 2.59. The molecule has 1 N–H and O–H groups in total. The van der Waals surface area contributed by atoms with E-state index < -0.39 is 21.4 Å². The van der Waals surface area contributed by atoms with Gasteiger partial charge in [0, 0.05) is 19.4 Å². The zero-order valence-electron chi connectivity index (χ0n) is 14.8. The fraction of sp³-hybridized carbons (Fsp3) is 0.556. The monoisotopic (exact) mass is 380 g/mol. The van der Waals surface area contributed by atoms with Crippen LogP contribution in [0.3, 0.4) is 0 Å². The maximum absolute atomic E-state index is 12.5. The van der Waals surface area contributed by atoms with Gasteiger partial charge in [0.15, 0.2) is 0 Å². The van der Waals surface area contributed by atoms with Gasteiger partial charge in [0.05, 0.1) is 0 Å². The number of nitrogens with one attached hydrogen (secondary N) is 1. The van der Waals surface area contributed by atoms with Gasteiger partial charge in [-0.2, -0.15) is 0 Å². The van der Waals surface area contributed by atoms with Gasteiger partial charge in [-0.15, -0.1) is 4.40 Å². The summed E-state index contributed by atoms with van der Waals surface area (Å²) < 4.78 is 40.0. The first-order valence-electron chi connectivity index (χ1n) is 8.88. The van der Waals surface area contributed by atoms with Gasteiger partial charge >= 0.3 is 6.09 Å². The molecule has 0 spiro atoms. The molecule has 1 amide bonds. The Kier molecular flexibility index (Phi) is 5.80. The molecule has 0 saturated heterocycles. The molecule has 1 fully saturated rings. The van der Waals surface area contributed by atoms with Crippen LogP contribution < -0.4 is 5.32 Å². The van der Waals surface area contributed by atoms with Crippen molar-refractivity contribution < 1.29 is 22.7 Å². The lowest BCUT2D eigenvalue weighted by Crippen LogP contribution is -2.43. The van der Waals surface area contributed by atoms with Crippen LogP contribution >= 0.6 is 0 Å². The van der Waals surface area contributed by atoms with E-state index in [2.05, 4.69) is 9.71 Å². The summed E-state index contributed by atoms with van der Waals surface area (Å²) in [5.41, 5.74) is 0.936. The maximum Gasteiger partial charge on any atom is 0.406 e. The quantitative estimate of drug-likeness (QED) is 0.847. The average molecular weight is 380 g/mol. The summed E-state index contributed by atoms with van der Waals surface area (Å²) in [7, 11) is -2.06. The standard InChI is InChI=1S/C18H24N2O5S/c1-19-18(21)24-12-14(13-7-3-2-4-8-13)11-17-20-26(22,23)16-10-6-5-9-15(16)25-17/h2-4,7-8,14-16H,5-6,9-12H2,1H3,(H,19,21)/t14-,15?,16?/m0/s1. The highest BCUT2D eigenvalue weighted by molar-refractivity contribution is 7.91.